The van der Waals surface area contributed by atoms with Crippen molar-refractivity contribution in [1.82, 2.24) is 9.21 Å². The van der Waals surface area contributed by atoms with Gasteiger partial charge in [-0.15, -0.1) is 0 Å². The lowest BCUT2D eigenvalue weighted by molar-refractivity contribution is -0.132. The molecule has 4 rings (SSSR count). The van der Waals surface area contributed by atoms with Gasteiger partial charge in [0.1, 0.15) is 10.6 Å². The summed E-state index contributed by atoms with van der Waals surface area (Å²) in [5.74, 6) is 0.177. The maximum Gasteiger partial charge on any atom is 0.247 e. The Kier molecular flexibility index (Phi) is 6.86. The number of hydrogen-bond acceptors (Lipinski definition) is 4. The number of methoxy groups -OCH3 is 1. The third-order valence-electron chi connectivity index (χ3n) is 6.66. The maximum atomic E-state index is 13.9. The van der Waals surface area contributed by atoms with Gasteiger partial charge in [0, 0.05) is 19.1 Å². The van der Waals surface area contributed by atoms with E-state index in [0.29, 0.717) is 18.8 Å². The second-order valence-electron chi connectivity index (χ2n) is 8.83. The maximum absolute atomic E-state index is 13.9. The monoisotopic (exact) mass is 456 g/mol. The molecule has 0 radical (unpaired) electrons. The van der Waals surface area contributed by atoms with Crippen LogP contribution in [0.25, 0.3) is 0 Å². The average molecular weight is 457 g/mol. The second-order valence-corrected chi connectivity index (χ2v) is 10.7. The molecular weight excluding hydrogens is 424 g/mol. The molecule has 0 atom stereocenters. The molecular formula is C25H32N2O4S. The van der Waals surface area contributed by atoms with Crippen LogP contribution in [0.15, 0.2) is 47.4 Å². The zero-order chi connectivity index (χ0) is 22.7. The van der Waals surface area contributed by atoms with Crippen molar-refractivity contribution in [3.8, 4) is 5.75 Å². The van der Waals surface area contributed by atoms with Gasteiger partial charge in [-0.25, -0.2) is 8.42 Å². The van der Waals surface area contributed by atoms with Gasteiger partial charge in [0.25, 0.3) is 0 Å². The molecule has 0 unspecified atom stereocenters. The Balaban J connectivity index is 1.63. The Hall–Kier alpha value is -2.38. The first-order valence-corrected chi connectivity index (χ1v) is 12.8. The van der Waals surface area contributed by atoms with E-state index in [1.54, 1.807) is 17.0 Å². The van der Waals surface area contributed by atoms with Crippen molar-refractivity contribution in [2.75, 3.05) is 20.2 Å². The molecule has 0 aromatic heterocycles. The standard InChI is InChI=1S/C25H32N2O4S/c1-19-12-13-23(31-2)24(16-19)32(29,30)27(22-10-4-3-5-11-22)18-25(28)26-15-14-20-8-6-7-9-21(20)17-26/h6-9,12-13,16,22H,3-5,10-11,14-15,17-18H2,1-2H3. The number of fused-ring (bicyclic) bond motifs is 1. The molecule has 172 valence electrons. The van der Waals surface area contributed by atoms with Crippen molar-refractivity contribution in [3.63, 3.8) is 0 Å². The highest BCUT2D eigenvalue weighted by atomic mass is 32.2. The fraction of sp³-hybridized carbons (Fsp3) is 0.480. The molecule has 1 aliphatic carbocycles. The first kappa shape index (κ1) is 22.8. The number of carbonyl (C=O) groups is 1. The minimum absolute atomic E-state index is 0.133. The van der Waals surface area contributed by atoms with Gasteiger partial charge in [-0.2, -0.15) is 4.31 Å². The van der Waals surface area contributed by atoms with Crippen molar-refractivity contribution in [3.05, 3.63) is 59.2 Å². The molecule has 32 heavy (non-hydrogen) atoms. The predicted molar refractivity (Wildman–Crippen MR) is 124 cm³/mol. The first-order chi connectivity index (χ1) is 15.4. The van der Waals surface area contributed by atoms with Crippen molar-refractivity contribution in [2.24, 2.45) is 0 Å². The van der Waals surface area contributed by atoms with Crippen LogP contribution in [0.3, 0.4) is 0 Å². The number of aryl methyl sites for hydroxylation is 1. The van der Waals surface area contributed by atoms with Crippen LogP contribution < -0.4 is 4.74 Å². The van der Waals surface area contributed by atoms with Crippen LogP contribution in [-0.2, 0) is 27.8 Å². The minimum Gasteiger partial charge on any atom is -0.495 e. The Bertz CT molecular complexity index is 1080. The molecule has 0 bridgehead atoms. The quantitative estimate of drug-likeness (QED) is 0.661. The molecule has 7 heteroatoms. The van der Waals surface area contributed by atoms with E-state index < -0.39 is 10.0 Å². The summed E-state index contributed by atoms with van der Waals surface area (Å²) < 4.78 is 34.5. The van der Waals surface area contributed by atoms with Crippen molar-refractivity contribution >= 4 is 15.9 Å². The SMILES string of the molecule is COc1ccc(C)cc1S(=O)(=O)N(CC(=O)N1CCc2ccccc2C1)C1CCCCC1. The molecule has 2 aromatic rings. The van der Waals surface area contributed by atoms with E-state index in [1.807, 2.05) is 31.2 Å². The number of sulfonamides is 1. The van der Waals surface area contributed by atoms with E-state index in [4.69, 9.17) is 4.74 Å². The highest BCUT2D eigenvalue weighted by Gasteiger charge is 2.37. The summed E-state index contributed by atoms with van der Waals surface area (Å²) >= 11 is 0. The van der Waals surface area contributed by atoms with E-state index in [2.05, 4.69) is 6.07 Å². The molecule has 1 heterocycles. The molecule has 0 N–H and O–H groups in total. The van der Waals surface area contributed by atoms with Crippen molar-refractivity contribution < 1.29 is 17.9 Å². The topological polar surface area (TPSA) is 66.9 Å². The molecule has 2 aromatic carbocycles. The van der Waals surface area contributed by atoms with Gasteiger partial charge in [-0.3, -0.25) is 4.79 Å². The Morgan fingerprint density at radius 1 is 1.09 bits per heavy atom. The van der Waals surface area contributed by atoms with Gasteiger partial charge in [-0.1, -0.05) is 49.6 Å². The van der Waals surface area contributed by atoms with E-state index in [-0.39, 0.29) is 23.4 Å². The van der Waals surface area contributed by atoms with E-state index in [9.17, 15) is 13.2 Å². The molecule has 2 aliphatic rings. The smallest absolute Gasteiger partial charge is 0.247 e. The molecule has 1 amide bonds. The highest BCUT2D eigenvalue weighted by molar-refractivity contribution is 7.89. The summed E-state index contributed by atoms with van der Waals surface area (Å²) in [6, 6.07) is 13.1. The van der Waals surface area contributed by atoms with Crippen molar-refractivity contribution in [1.29, 1.82) is 0 Å². The third kappa shape index (κ3) is 4.69. The largest absolute Gasteiger partial charge is 0.495 e. The molecule has 1 saturated carbocycles. The van der Waals surface area contributed by atoms with Crippen LogP contribution in [-0.4, -0.2) is 49.8 Å². The van der Waals surface area contributed by atoms with E-state index >= 15 is 0 Å². The number of hydrogen-bond donors (Lipinski definition) is 0. The van der Waals surface area contributed by atoms with Crippen molar-refractivity contribution in [2.45, 2.75) is 62.9 Å². The van der Waals surface area contributed by atoms with Gasteiger partial charge in [0.15, 0.2) is 0 Å². The predicted octanol–water partition coefficient (Wildman–Crippen LogP) is 3.91. The lowest BCUT2D eigenvalue weighted by Crippen LogP contribution is -2.49. The number of carbonyl (C=O) groups excluding carboxylic acids is 1. The summed E-state index contributed by atoms with van der Waals surface area (Å²) in [4.78, 5) is 15.3. The van der Waals surface area contributed by atoms with Crippen LogP contribution in [0, 0.1) is 6.92 Å². The third-order valence-corrected chi connectivity index (χ3v) is 8.58. The van der Waals surface area contributed by atoms with Crippen LogP contribution in [0.2, 0.25) is 0 Å². The Morgan fingerprint density at radius 3 is 2.53 bits per heavy atom. The van der Waals surface area contributed by atoms with Crippen LogP contribution in [0.4, 0.5) is 0 Å². The number of ether oxygens (including phenoxy) is 1. The molecule has 1 aliphatic heterocycles. The summed E-state index contributed by atoms with van der Waals surface area (Å²) in [7, 11) is -2.42. The molecule has 0 spiro atoms. The Labute approximate surface area is 191 Å². The van der Waals surface area contributed by atoms with Gasteiger partial charge in [0.05, 0.1) is 13.7 Å². The van der Waals surface area contributed by atoms with E-state index in [1.165, 1.54) is 17.0 Å². The van der Waals surface area contributed by atoms with Crippen LogP contribution >= 0.6 is 0 Å². The van der Waals surface area contributed by atoms with Crippen LogP contribution in [0.1, 0.15) is 48.8 Å². The summed E-state index contributed by atoms with van der Waals surface area (Å²) in [6.07, 6.45) is 5.42. The Morgan fingerprint density at radius 2 is 1.81 bits per heavy atom. The number of benzene rings is 2. The lowest BCUT2D eigenvalue weighted by atomic mass is 9.95. The van der Waals surface area contributed by atoms with Crippen LogP contribution in [0.5, 0.6) is 5.75 Å². The normalized spacial score (nSPS) is 17.3. The minimum atomic E-state index is -3.90. The molecule has 0 saturated heterocycles. The fourth-order valence-electron chi connectivity index (χ4n) is 4.83. The molecule has 6 nitrogen and oxygen atoms in total. The zero-order valence-corrected chi connectivity index (χ0v) is 19.7. The van der Waals surface area contributed by atoms with Gasteiger partial charge >= 0.3 is 0 Å². The number of rotatable bonds is 6. The second kappa shape index (κ2) is 9.63. The summed E-state index contributed by atoms with van der Waals surface area (Å²) in [5.41, 5.74) is 3.24. The fourth-order valence-corrected chi connectivity index (χ4v) is 6.71. The molecule has 1 fully saturated rings. The zero-order valence-electron chi connectivity index (χ0n) is 18.9. The highest BCUT2D eigenvalue weighted by Crippen LogP contribution is 2.33. The first-order valence-electron chi connectivity index (χ1n) is 11.4. The number of nitrogens with zero attached hydrogens (tertiary/aromatic N) is 2. The van der Waals surface area contributed by atoms with Gasteiger partial charge in [0.2, 0.25) is 15.9 Å². The number of amides is 1. The van der Waals surface area contributed by atoms with Gasteiger partial charge in [-0.05, 0) is 55.0 Å². The summed E-state index contributed by atoms with van der Waals surface area (Å²) in [6.45, 7) is 2.87. The summed E-state index contributed by atoms with van der Waals surface area (Å²) in [5, 5.41) is 0. The lowest BCUT2D eigenvalue weighted by Gasteiger charge is -2.36. The average Bonchev–Trinajstić information content (AvgIpc) is 2.82. The van der Waals surface area contributed by atoms with E-state index in [0.717, 1.165) is 49.7 Å². The van der Waals surface area contributed by atoms with Gasteiger partial charge < -0.3 is 9.64 Å².